The van der Waals surface area contributed by atoms with E-state index in [4.69, 9.17) is 38.0 Å². The third-order valence-corrected chi connectivity index (χ3v) is 8.46. The second-order valence-electron chi connectivity index (χ2n) is 10.2. The summed E-state index contributed by atoms with van der Waals surface area (Å²) in [6.45, 7) is 3.11. The van der Waals surface area contributed by atoms with E-state index in [1.165, 1.54) is 0 Å². The zero-order valence-corrected chi connectivity index (χ0v) is 26.3. The minimum absolute atomic E-state index is 0.130. The summed E-state index contributed by atoms with van der Waals surface area (Å²) in [4.78, 5) is 16.0. The fraction of sp³-hybridized carbons (Fsp3) is 0.235. The molecule has 0 fully saturated rings. The Morgan fingerprint density at radius 3 is 2.50 bits per heavy atom. The van der Waals surface area contributed by atoms with Gasteiger partial charge in [0.05, 0.1) is 17.6 Å². The number of ether oxygens (including phenoxy) is 1. The van der Waals surface area contributed by atoms with E-state index >= 15 is 0 Å². The van der Waals surface area contributed by atoms with E-state index in [0.717, 1.165) is 67.7 Å². The molecule has 0 saturated carbocycles. The number of para-hydroxylation sites is 1. The molecule has 5 rings (SSSR count). The summed E-state index contributed by atoms with van der Waals surface area (Å²) >= 11 is 16.2. The van der Waals surface area contributed by atoms with Crippen LogP contribution in [0.3, 0.4) is 0 Å². The van der Waals surface area contributed by atoms with Gasteiger partial charge in [0.2, 0.25) is 0 Å². The average molecular weight is 666 g/mol. The Bertz CT molecular complexity index is 1730. The van der Waals surface area contributed by atoms with E-state index in [2.05, 4.69) is 45.6 Å². The molecule has 0 aliphatic rings. The van der Waals surface area contributed by atoms with Gasteiger partial charge in [0.25, 0.3) is 0 Å². The van der Waals surface area contributed by atoms with Crippen LogP contribution in [0.25, 0.3) is 11.0 Å². The SMILES string of the molecule is CCc1cc(COc2ccccc2Cn2c(CCc3ccc(Cl)cc3Cl)nc3cc(Br)ccc32)ccc1CCC(=O)O. The molecule has 5 nitrogen and oxygen atoms in total. The fourth-order valence-corrected chi connectivity index (χ4v) is 6.03. The van der Waals surface area contributed by atoms with E-state index in [-0.39, 0.29) is 6.42 Å². The molecule has 0 radical (unpaired) electrons. The first kappa shape index (κ1) is 30.1. The monoisotopic (exact) mass is 664 g/mol. The van der Waals surface area contributed by atoms with Crippen molar-refractivity contribution in [2.75, 3.05) is 0 Å². The maximum absolute atomic E-state index is 11.0. The van der Waals surface area contributed by atoms with Gasteiger partial charge in [-0.25, -0.2) is 4.98 Å². The van der Waals surface area contributed by atoms with Crippen molar-refractivity contribution in [3.8, 4) is 5.75 Å². The molecule has 1 aromatic heterocycles. The van der Waals surface area contributed by atoms with Crippen LogP contribution in [-0.4, -0.2) is 20.6 Å². The molecule has 0 unspecified atom stereocenters. The van der Waals surface area contributed by atoms with Crippen LogP contribution in [0.2, 0.25) is 10.0 Å². The number of hydrogen-bond acceptors (Lipinski definition) is 3. The average Bonchev–Trinajstić information content (AvgIpc) is 3.31. The Morgan fingerprint density at radius 2 is 1.71 bits per heavy atom. The minimum Gasteiger partial charge on any atom is -0.489 e. The van der Waals surface area contributed by atoms with Crippen molar-refractivity contribution in [1.29, 1.82) is 0 Å². The number of rotatable bonds is 12. The number of hydrogen-bond donors (Lipinski definition) is 1. The van der Waals surface area contributed by atoms with Crippen LogP contribution >= 0.6 is 39.1 Å². The molecule has 5 aromatic rings. The second kappa shape index (κ2) is 13.8. The molecule has 0 bridgehead atoms. The van der Waals surface area contributed by atoms with Gasteiger partial charge in [-0.05, 0) is 77.9 Å². The van der Waals surface area contributed by atoms with E-state index in [9.17, 15) is 4.79 Å². The van der Waals surface area contributed by atoms with Crippen molar-refractivity contribution in [2.24, 2.45) is 0 Å². The highest BCUT2D eigenvalue weighted by Gasteiger charge is 2.15. The number of fused-ring (bicyclic) bond motifs is 1. The van der Waals surface area contributed by atoms with Crippen LogP contribution in [0.15, 0.2) is 83.3 Å². The predicted octanol–water partition coefficient (Wildman–Crippen LogP) is 9.10. The quantitative estimate of drug-likeness (QED) is 0.144. The first-order valence-electron chi connectivity index (χ1n) is 13.9. The van der Waals surface area contributed by atoms with Crippen LogP contribution in [0.4, 0.5) is 0 Å². The molecule has 0 amide bonds. The third kappa shape index (κ3) is 7.35. The van der Waals surface area contributed by atoms with Gasteiger partial charge in [0, 0.05) is 32.9 Å². The van der Waals surface area contributed by atoms with Crippen molar-refractivity contribution >= 4 is 56.1 Å². The van der Waals surface area contributed by atoms with Gasteiger partial charge < -0.3 is 14.4 Å². The number of aromatic nitrogens is 2. The van der Waals surface area contributed by atoms with Gasteiger partial charge in [0.1, 0.15) is 18.2 Å². The number of aliphatic carboxylic acids is 1. The summed E-state index contributed by atoms with van der Waals surface area (Å²) in [5, 5.41) is 10.4. The molecule has 0 spiro atoms. The Balaban J connectivity index is 1.38. The molecule has 216 valence electrons. The topological polar surface area (TPSA) is 64.4 Å². The third-order valence-electron chi connectivity index (χ3n) is 7.38. The van der Waals surface area contributed by atoms with Gasteiger partial charge in [-0.1, -0.05) is 88.5 Å². The van der Waals surface area contributed by atoms with Crippen LogP contribution in [0.5, 0.6) is 5.75 Å². The molecular formula is C34H31BrCl2N2O3. The highest BCUT2D eigenvalue weighted by atomic mass is 79.9. The van der Waals surface area contributed by atoms with Crippen molar-refractivity contribution < 1.29 is 14.6 Å². The van der Waals surface area contributed by atoms with Crippen molar-refractivity contribution in [3.63, 3.8) is 0 Å². The smallest absolute Gasteiger partial charge is 0.303 e. The molecule has 4 aromatic carbocycles. The predicted molar refractivity (Wildman–Crippen MR) is 173 cm³/mol. The lowest BCUT2D eigenvalue weighted by molar-refractivity contribution is -0.136. The molecule has 0 atom stereocenters. The number of imidazole rings is 1. The molecule has 0 aliphatic carbocycles. The van der Waals surface area contributed by atoms with Crippen LogP contribution in [0.1, 0.15) is 47.0 Å². The summed E-state index contributed by atoms with van der Waals surface area (Å²) in [6.07, 6.45) is 2.95. The fourth-order valence-electron chi connectivity index (χ4n) is 5.18. The van der Waals surface area contributed by atoms with Crippen molar-refractivity contribution in [1.82, 2.24) is 9.55 Å². The number of aryl methyl sites for hydroxylation is 4. The maximum atomic E-state index is 11.0. The normalized spacial score (nSPS) is 11.2. The first-order valence-corrected chi connectivity index (χ1v) is 15.5. The Morgan fingerprint density at radius 1 is 0.905 bits per heavy atom. The van der Waals surface area contributed by atoms with Gasteiger partial charge in [-0.3, -0.25) is 4.79 Å². The van der Waals surface area contributed by atoms with Gasteiger partial charge in [0.15, 0.2) is 0 Å². The van der Waals surface area contributed by atoms with Gasteiger partial charge >= 0.3 is 5.97 Å². The maximum Gasteiger partial charge on any atom is 0.303 e. The Labute approximate surface area is 264 Å². The van der Waals surface area contributed by atoms with Crippen molar-refractivity contribution in [2.45, 2.75) is 52.2 Å². The van der Waals surface area contributed by atoms with E-state index < -0.39 is 5.97 Å². The molecular weight excluding hydrogens is 635 g/mol. The molecule has 42 heavy (non-hydrogen) atoms. The summed E-state index contributed by atoms with van der Waals surface area (Å²) in [6, 6.07) is 26.1. The van der Waals surface area contributed by atoms with Gasteiger partial charge in [-0.2, -0.15) is 0 Å². The lowest BCUT2D eigenvalue weighted by Gasteiger charge is -2.16. The lowest BCUT2D eigenvalue weighted by Crippen LogP contribution is -2.09. The van der Waals surface area contributed by atoms with E-state index in [1.807, 2.05) is 54.6 Å². The number of carbonyl (C=O) groups is 1. The summed E-state index contributed by atoms with van der Waals surface area (Å²) < 4.78 is 9.60. The zero-order valence-electron chi connectivity index (χ0n) is 23.2. The molecule has 0 saturated heterocycles. The van der Waals surface area contributed by atoms with Crippen LogP contribution < -0.4 is 4.74 Å². The second-order valence-corrected chi connectivity index (χ2v) is 12.0. The zero-order chi connectivity index (χ0) is 29.6. The van der Waals surface area contributed by atoms with Gasteiger partial charge in [-0.15, -0.1) is 0 Å². The Hall–Kier alpha value is -3.32. The molecule has 1 N–H and O–H groups in total. The highest BCUT2D eigenvalue weighted by molar-refractivity contribution is 9.10. The Kier molecular flexibility index (Phi) is 9.88. The molecule has 0 aliphatic heterocycles. The number of nitrogens with zero attached hydrogens (tertiary/aromatic N) is 2. The summed E-state index contributed by atoms with van der Waals surface area (Å²) in [5.74, 6) is 1.00. The number of benzene rings is 4. The number of carboxylic acid groups (broad SMARTS) is 1. The number of carboxylic acids is 1. The highest BCUT2D eigenvalue weighted by Crippen LogP contribution is 2.28. The largest absolute Gasteiger partial charge is 0.489 e. The number of halogens is 3. The first-order chi connectivity index (χ1) is 20.3. The minimum atomic E-state index is -0.781. The van der Waals surface area contributed by atoms with Crippen LogP contribution in [0, 0.1) is 0 Å². The van der Waals surface area contributed by atoms with E-state index in [0.29, 0.717) is 36.0 Å². The van der Waals surface area contributed by atoms with Crippen molar-refractivity contribution in [3.05, 3.63) is 127 Å². The molecule has 8 heteroatoms. The summed E-state index contributed by atoms with van der Waals surface area (Å²) in [5.41, 5.74) is 7.36. The van der Waals surface area contributed by atoms with Crippen LogP contribution in [-0.2, 0) is 43.6 Å². The summed E-state index contributed by atoms with van der Waals surface area (Å²) in [7, 11) is 0. The standard InChI is InChI=1S/C34H31BrCl2N2O3/c1-2-23-17-22(7-8-24(23)11-16-34(40)41)21-42-32-6-4-3-5-26(32)20-39-31-14-12-27(35)18-30(31)38-33(39)15-10-25-9-13-28(36)19-29(25)37/h3-9,12-14,17-19H,2,10-11,15-16,20-21H2,1H3,(H,40,41). The lowest BCUT2D eigenvalue weighted by atomic mass is 9.98. The molecule has 1 heterocycles. The van der Waals surface area contributed by atoms with E-state index in [1.54, 1.807) is 6.07 Å².